The van der Waals surface area contributed by atoms with Gasteiger partial charge in [0.15, 0.2) is 0 Å². The quantitative estimate of drug-likeness (QED) is 0.239. The molecule has 0 saturated carbocycles. The van der Waals surface area contributed by atoms with E-state index in [1.54, 1.807) is 13.0 Å². The molecule has 0 aliphatic heterocycles. The van der Waals surface area contributed by atoms with Crippen molar-refractivity contribution in [3.8, 4) is 0 Å². The highest BCUT2D eigenvalue weighted by atomic mass is 28.4. The summed E-state index contributed by atoms with van der Waals surface area (Å²) in [7, 11) is -2.55. The molecule has 0 N–H and O–H groups in total. The number of carbonyl (C=O) groups excluding carboxylic acids is 1. The summed E-state index contributed by atoms with van der Waals surface area (Å²) in [5, 5.41) is 0. The second-order valence-electron chi connectivity index (χ2n) is 4.64. The Morgan fingerprint density at radius 1 is 1.19 bits per heavy atom. The average molecular weight is 318 g/mol. The zero-order valence-corrected chi connectivity index (χ0v) is 15.0. The minimum absolute atomic E-state index is 0.0233. The molecular weight excluding hydrogens is 288 g/mol. The Kier molecular flexibility index (Phi) is 11.5. The Hall–Kier alpha value is -0.693. The van der Waals surface area contributed by atoms with Gasteiger partial charge in [-0.15, -0.1) is 0 Å². The predicted molar refractivity (Wildman–Crippen MR) is 85.0 cm³/mol. The summed E-state index contributed by atoms with van der Waals surface area (Å²) in [5.41, 5.74) is 0. The maximum Gasteiger partial charge on any atom is 0.500 e. The Morgan fingerprint density at radius 2 is 1.81 bits per heavy atom. The first-order chi connectivity index (χ1) is 10.0. The molecule has 0 rings (SSSR count). The number of rotatable bonds is 12. The van der Waals surface area contributed by atoms with E-state index in [0.29, 0.717) is 19.8 Å². The number of ether oxygens (including phenoxy) is 1. The van der Waals surface area contributed by atoms with Crippen molar-refractivity contribution in [1.82, 2.24) is 0 Å². The van der Waals surface area contributed by atoms with Gasteiger partial charge >= 0.3 is 14.8 Å². The maximum absolute atomic E-state index is 11.2. The van der Waals surface area contributed by atoms with Crippen LogP contribution in [-0.4, -0.2) is 40.7 Å². The smallest absolute Gasteiger partial charge is 0.463 e. The summed E-state index contributed by atoms with van der Waals surface area (Å²) < 4.78 is 22.6. The van der Waals surface area contributed by atoms with Gasteiger partial charge in [0.2, 0.25) is 0 Å². The lowest BCUT2D eigenvalue weighted by molar-refractivity contribution is -0.138. The molecule has 124 valence electrons. The van der Waals surface area contributed by atoms with Crippen LogP contribution < -0.4 is 0 Å². The molecule has 0 heterocycles. The van der Waals surface area contributed by atoms with Crippen LogP contribution in [-0.2, 0) is 22.8 Å². The normalized spacial score (nSPS) is 13.6. The van der Waals surface area contributed by atoms with Gasteiger partial charge in [0.25, 0.3) is 0 Å². The fourth-order valence-corrected chi connectivity index (χ4v) is 4.34. The van der Waals surface area contributed by atoms with Crippen molar-refractivity contribution in [2.24, 2.45) is 0 Å². The van der Waals surface area contributed by atoms with Crippen molar-refractivity contribution in [2.75, 3.05) is 19.8 Å². The van der Waals surface area contributed by atoms with Gasteiger partial charge in [-0.3, -0.25) is 0 Å². The molecule has 5 nitrogen and oxygen atoms in total. The number of esters is 1. The highest BCUT2D eigenvalue weighted by Crippen LogP contribution is 2.19. The molecule has 0 aromatic heterocycles. The summed E-state index contributed by atoms with van der Waals surface area (Å²) in [6.07, 6.45) is 4.67. The van der Waals surface area contributed by atoms with Gasteiger partial charge in [-0.05, 0) is 40.5 Å². The standard InChI is InChI=1S/C15H30O5Si/c1-6-11-15(16)17-13-10-12-14(5)20-21(9-4,18-7-2)19-8-3/h6,11,14H,7-10,12-13H2,1-5H3. The topological polar surface area (TPSA) is 54.0 Å². The van der Waals surface area contributed by atoms with Crippen molar-refractivity contribution >= 4 is 14.8 Å². The van der Waals surface area contributed by atoms with E-state index >= 15 is 0 Å². The van der Waals surface area contributed by atoms with E-state index in [2.05, 4.69) is 0 Å². The lowest BCUT2D eigenvalue weighted by Gasteiger charge is -2.30. The van der Waals surface area contributed by atoms with Gasteiger partial charge in [-0.25, -0.2) is 4.79 Å². The maximum atomic E-state index is 11.2. The molecule has 0 aromatic carbocycles. The number of hydrogen-bond donors (Lipinski definition) is 0. The number of carbonyl (C=O) groups is 1. The van der Waals surface area contributed by atoms with Crippen LogP contribution in [0.2, 0.25) is 6.04 Å². The molecule has 0 aliphatic rings. The molecule has 0 spiro atoms. The molecule has 0 saturated heterocycles. The fraction of sp³-hybridized carbons (Fsp3) is 0.800. The Labute approximate surface area is 130 Å². The predicted octanol–water partition coefficient (Wildman–Crippen LogP) is 3.32. The highest BCUT2D eigenvalue weighted by molar-refractivity contribution is 6.60. The van der Waals surface area contributed by atoms with Crippen LogP contribution in [0.1, 0.15) is 47.5 Å². The van der Waals surface area contributed by atoms with Crippen LogP contribution in [0.25, 0.3) is 0 Å². The third-order valence-corrected chi connectivity index (χ3v) is 5.93. The third-order valence-electron chi connectivity index (χ3n) is 2.84. The van der Waals surface area contributed by atoms with E-state index in [4.69, 9.17) is 18.0 Å². The average Bonchev–Trinajstić information content (AvgIpc) is 2.44. The molecule has 0 aromatic rings. The van der Waals surface area contributed by atoms with E-state index in [-0.39, 0.29) is 12.1 Å². The van der Waals surface area contributed by atoms with Crippen LogP contribution >= 0.6 is 0 Å². The summed E-state index contributed by atoms with van der Waals surface area (Å²) in [5.74, 6) is -0.299. The van der Waals surface area contributed by atoms with E-state index in [1.165, 1.54) is 6.08 Å². The van der Waals surface area contributed by atoms with Gasteiger partial charge in [0.05, 0.1) is 6.61 Å². The van der Waals surface area contributed by atoms with E-state index in [9.17, 15) is 4.79 Å². The second kappa shape index (κ2) is 11.9. The van der Waals surface area contributed by atoms with Crippen molar-refractivity contribution in [3.05, 3.63) is 12.2 Å². The van der Waals surface area contributed by atoms with Gasteiger partial charge in [-0.1, -0.05) is 13.0 Å². The molecular formula is C15H30O5Si. The monoisotopic (exact) mass is 318 g/mol. The molecule has 0 amide bonds. The summed E-state index contributed by atoms with van der Waals surface area (Å²) >= 11 is 0. The van der Waals surface area contributed by atoms with Crippen molar-refractivity contribution in [3.63, 3.8) is 0 Å². The summed E-state index contributed by atoms with van der Waals surface area (Å²) in [4.78, 5) is 11.2. The molecule has 1 unspecified atom stereocenters. The fourth-order valence-electron chi connectivity index (χ4n) is 1.93. The van der Waals surface area contributed by atoms with Crippen molar-refractivity contribution in [1.29, 1.82) is 0 Å². The van der Waals surface area contributed by atoms with Crippen LogP contribution in [0.5, 0.6) is 0 Å². The Bertz CT molecular complexity index is 300. The zero-order valence-electron chi connectivity index (χ0n) is 14.0. The van der Waals surface area contributed by atoms with Gasteiger partial charge in [0, 0.05) is 31.4 Å². The van der Waals surface area contributed by atoms with Crippen LogP contribution in [0.15, 0.2) is 12.2 Å². The number of allylic oxidation sites excluding steroid dienone is 1. The third kappa shape index (κ3) is 9.03. The molecule has 0 bridgehead atoms. The summed E-state index contributed by atoms with van der Waals surface area (Å²) in [6.45, 7) is 11.3. The Balaban J connectivity index is 4.13. The first-order valence-electron chi connectivity index (χ1n) is 7.78. The first kappa shape index (κ1) is 20.3. The van der Waals surface area contributed by atoms with Crippen molar-refractivity contribution < 1.29 is 22.8 Å². The van der Waals surface area contributed by atoms with Gasteiger partial charge < -0.3 is 18.0 Å². The largest absolute Gasteiger partial charge is 0.500 e. The minimum Gasteiger partial charge on any atom is -0.463 e. The highest BCUT2D eigenvalue weighted by Gasteiger charge is 2.40. The summed E-state index contributed by atoms with van der Waals surface area (Å²) in [6, 6.07) is 0.759. The van der Waals surface area contributed by atoms with E-state index < -0.39 is 8.80 Å². The number of hydrogen-bond acceptors (Lipinski definition) is 5. The van der Waals surface area contributed by atoms with E-state index in [0.717, 1.165) is 18.9 Å². The van der Waals surface area contributed by atoms with Gasteiger partial charge in [0.1, 0.15) is 0 Å². The zero-order chi connectivity index (χ0) is 16.1. The minimum atomic E-state index is -2.55. The Morgan fingerprint density at radius 3 is 2.29 bits per heavy atom. The second-order valence-corrected chi connectivity index (χ2v) is 7.53. The first-order valence-corrected chi connectivity index (χ1v) is 9.71. The van der Waals surface area contributed by atoms with Crippen LogP contribution in [0.4, 0.5) is 0 Å². The molecule has 6 heteroatoms. The van der Waals surface area contributed by atoms with E-state index in [1.807, 2.05) is 27.7 Å². The van der Waals surface area contributed by atoms with Crippen LogP contribution in [0.3, 0.4) is 0 Å². The molecule has 0 fully saturated rings. The molecule has 21 heavy (non-hydrogen) atoms. The lowest BCUT2D eigenvalue weighted by Crippen LogP contribution is -2.47. The SMILES string of the molecule is CC=CC(=O)OCCCC(C)O[Si](CC)(OCC)OCC. The molecule has 0 aliphatic carbocycles. The van der Waals surface area contributed by atoms with Crippen molar-refractivity contribution in [2.45, 2.75) is 59.6 Å². The van der Waals surface area contributed by atoms with Crippen LogP contribution in [0, 0.1) is 0 Å². The molecule has 0 radical (unpaired) electrons. The lowest BCUT2D eigenvalue weighted by atomic mass is 10.2. The molecule has 1 atom stereocenters. The van der Waals surface area contributed by atoms with Gasteiger partial charge in [-0.2, -0.15) is 0 Å².